The van der Waals surface area contributed by atoms with Crippen molar-refractivity contribution in [3.63, 3.8) is 0 Å². The maximum Gasteiger partial charge on any atom is 0.188 e. The van der Waals surface area contributed by atoms with Gasteiger partial charge in [-0.3, -0.25) is 0 Å². The van der Waals surface area contributed by atoms with Crippen LogP contribution in [0, 0.1) is 6.92 Å². The van der Waals surface area contributed by atoms with Gasteiger partial charge in [-0.2, -0.15) is 0 Å². The highest BCUT2D eigenvalue weighted by Crippen LogP contribution is 2.37. The van der Waals surface area contributed by atoms with E-state index in [2.05, 4.69) is 29.0 Å². The van der Waals surface area contributed by atoms with E-state index in [4.69, 9.17) is 4.74 Å². The van der Waals surface area contributed by atoms with Gasteiger partial charge in [0.25, 0.3) is 0 Å². The Morgan fingerprint density at radius 1 is 1.20 bits per heavy atom. The van der Waals surface area contributed by atoms with Crippen LogP contribution in [-0.4, -0.2) is 23.3 Å². The Morgan fingerprint density at radius 3 is 2.60 bits per heavy atom. The molecule has 0 spiro atoms. The van der Waals surface area contributed by atoms with Crippen LogP contribution in [0.1, 0.15) is 5.56 Å². The molecule has 0 amide bonds. The standard InChI is InChI=1S/C15H14N2OS2/c1-9-12-8-16-15(19-3)17-14(12)20-13(9)10-4-6-11(18-2)7-5-10/h4-8H,1-3H3. The molecule has 0 radical (unpaired) electrons. The van der Waals surface area contributed by atoms with Gasteiger partial charge >= 0.3 is 0 Å². The minimum absolute atomic E-state index is 0.819. The third-order valence-corrected chi connectivity index (χ3v) is 5.02. The minimum Gasteiger partial charge on any atom is -0.497 e. The smallest absolute Gasteiger partial charge is 0.188 e. The summed E-state index contributed by atoms with van der Waals surface area (Å²) in [6.07, 6.45) is 3.92. The van der Waals surface area contributed by atoms with Crippen LogP contribution < -0.4 is 4.74 Å². The van der Waals surface area contributed by atoms with E-state index in [1.807, 2.05) is 24.6 Å². The molecular formula is C15H14N2OS2. The molecule has 102 valence electrons. The zero-order chi connectivity index (χ0) is 14.1. The van der Waals surface area contributed by atoms with Gasteiger partial charge < -0.3 is 4.74 Å². The number of thiophene rings is 1. The first-order valence-corrected chi connectivity index (χ1v) is 8.21. The van der Waals surface area contributed by atoms with Crippen molar-refractivity contribution >= 4 is 33.3 Å². The summed E-state index contributed by atoms with van der Waals surface area (Å²) >= 11 is 3.28. The number of rotatable bonds is 3. The van der Waals surface area contributed by atoms with Crippen LogP contribution in [-0.2, 0) is 0 Å². The van der Waals surface area contributed by atoms with Gasteiger partial charge in [-0.05, 0) is 48.6 Å². The Morgan fingerprint density at radius 2 is 1.95 bits per heavy atom. The fraction of sp³-hybridized carbons (Fsp3) is 0.200. The van der Waals surface area contributed by atoms with Crippen LogP contribution in [0.15, 0.2) is 35.6 Å². The number of aromatic nitrogens is 2. The molecule has 2 heterocycles. The molecule has 0 aliphatic heterocycles. The third kappa shape index (κ3) is 2.27. The molecule has 0 atom stereocenters. The molecule has 5 heteroatoms. The second-order valence-electron chi connectivity index (χ2n) is 4.36. The first-order valence-electron chi connectivity index (χ1n) is 6.17. The summed E-state index contributed by atoms with van der Waals surface area (Å²) in [5, 5.41) is 1.96. The molecule has 0 aliphatic rings. The molecule has 0 fully saturated rings. The van der Waals surface area contributed by atoms with Gasteiger partial charge in [0.1, 0.15) is 10.6 Å². The molecular weight excluding hydrogens is 288 g/mol. The molecule has 3 nitrogen and oxygen atoms in total. The Balaban J connectivity index is 2.12. The van der Waals surface area contributed by atoms with Gasteiger partial charge in [-0.25, -0.2) is 9.97 Å². The number of nitrogens with zero attached hydrogens (tertiary/aromatic N) is 2. The van der Waals surface area contributed by atoms with Crippen molar-refractivity contribution in [2.24, 2.45) is 0 Å². The lowest BCUT2D eigenvalue weighted by Crippen LogP contribution is -1.84. The van der Waals surface area contributed by atoms with Crippen LogP contribution in [0.4, 0.5) is 0 Å². The largest absolute Gasteiger partial charge is 0.497 e. The van der Waals surface area contributed by atoms with Crippen LogP contribution in [0.3, 0.4) is 0 Å². The number of thioether (sulfide) groups is 1. The Kier molecular flexibility index (Phi) is 3.63. The number of hydrogen-bond donors (Lipinski definition) is 0. The fourth-order valence-electron chi connectivity index (χ4n) is 2.10. The summed E-state index contributed by atoms with van der Waals surface area (Å²) in [6.45, 7) is 2.13. The number of hydrogen-bond acceptors (Lipinski definition) is 5. The molecule has 0 N–H and O–H groups in total. The van der Waals surface area contributed by atoms with E-state index in [1.165, 1.54) is 16.0 Å². The van der Waals surface area contributed by atoms with Gasteiger partial charge in [0.2, 0.25) is 0 Å². The van der Waals surface area contributed by atoms with E-state index in [0.29, 0.717) is 0 Å². The molecule has 2 aromatic heterocycles. The lowest BCUT2D eigenvalue weighted by atomic mass is 10.1. The average molecular weight is 302 g/mol. The van der Waals surface area contributed by atoms with Gasteiger partial charge in [0, 0.05) is 16.5 Å². The number of methoxy groups -OCH3 is 1. The number of aryl methyl sites for hydroxylation is 1. The van der Waals surface area contributed by atoms with Gasteiger partial charge in [0.15, 0.2) is 5.16 Å². The molecule has 0 saturated heterocycles. The topological polar surface area (TPSA) is 35.0 Å². The monoisotopic (exact) mass is 302 g/mol. The molecule has 0 unspecified atom stereocenters. The fourth-order valence-corrected chi connectivity index (χ4v) is 3.65. The van der Waals surface area contributed by atoms with Crippen molar-refractivity contribution in [3.05, 3.63) is 36.0 Å². The molecule has 0 saturated carbocycles. The summed E-state index contributed by atoms with van der Waals surface area (Å²) < 4.78 is 5.20. The van der Waals surface area contributed by atoms with Gasteiger partial charge in [-0.15, -0.1) is 11.3 Å². The van der Waals surface area contributed by atoms with Crippen LogP contribution in [0.2, 0.25) is 0 Å². The lowest BCUT2D eigenvalue weighted by molar-refractivity contribution is 0.415. The third-order valence-electron chi connectivity index (χ3n) is 3.21. The highest BCUT2D eigenvalue weighted by molar-refractivity contribution is 7.98. The Hall–Kier alpha value is -1.59. The SMILES string of the molecule is COc1ccc(-c2sc3nc(SC)ncc3c2C)cc1. The number of benzene rings is 1. The summed E-state index contributed by atoms with van der Waals surface area (Å²) in [4.78, 5) is 11.2. The Bertz CT molecular complexity index is 750. The normalized spacial score (nSPS) is 10.9. The van der Waals surface area contributed by atoms with Crippen molar-refractivity contribution < 1.29 is 4.74 Å². The first-order chi connectivity index (χ1) is 9.72. The molecule has 3 aromatic rings. The summed E-state index contributed by atoms with van der Waals surface area (Å²) in [5.74, 6) is 0.872. The summed E-state index contributed by atoms with van der Waals surface area (Å²) in [6, 6.07) is 8.13. The predicted octanol–water partition coefficient (Wildman–Crippen LogP) is 4.40. The first kappa shape index (κ1) is 13.4. The number of fused-ring (bicyclic) bond motifs is 1. The lowest BCUT2D eigenvalue weighted by Gasteiger charge is -2.02. The van der Waals surface area contributed by atoms with E-state index in [9.17, 15) is 0 Å². The van der Waals surface area contributed by atoms with Crippen molar-refractivity contribution in [2.75, 3.05) is 13.4 Å². The zero-order valence-corrected chi connectivity index (χ0v) is 13.1. The molecule has 20 heavy (non-hydrogen) atoms. The number of ether oxygens (including phenoxy) is 1. The van der Waals surface area contributed by atoms with E-state index >= 15 is 0 Å². The van der Waals surface area contributed by atoms with E-state index < -0.39 is 0 Å². The van der Waals surface area contributed by atoms with Gasteiger partial charge in [-0.1, -0.05) is 11.8 Å². The van der Waals surface area contributed by atoms with Crippen LogP contribution in [0.5, 0.6) is 5.75 Å². The predicted molar refractivity (Wildman–Crippen MR) is 85.9 cm³/mol. The van der Waals surface area contributed by atoms with Crippen LogP contribution in [0.25, 0.3) is 20.7 Å². The molecule has 1 aromatic carbocycles. The maximum atomic E-state index is 5.20. The van der Waals surface area contributed by atoms with Crippen molar-refractivity contribution in [1.29, 1.82) is 0 Å². The highest BCUT2D eigenvalue weighted by Gasteiger charge is 2.12. The summed E-state index contributed by atoms with van der Waals surface area (Å²) in [7, 11) is 1.68. The van der Waals surface area contributed by atoms with Crippen molar-refractivity contribution in [2.45, 2.75) is 12.1 Å². The molecule has 0 bridgehead atoms. The van der Waals surface area contributed by atoms with Crippen molar-refractivity contribution in [1.82, 2.24) is 9.97 Å². The maximum absolute atomic E-state index is 5.20. The Labute approximate surface area is 126 Å². The van der Waals surface area contributed by atoms with Crippen molar-refractivity contribution in [3.8, 4) is 16.2 Å². The zero-order valence-electron chi connectivity index (χ0n) is 11.5. The average Bonchev–Trinajstić information content (AvgIpc) is 2.84. The quantitative estimate of drug-likeness (QED) is 0.530. The second-order valence-corrected chi connectivity index (χ2v) is 6.13. The minimum atomic E-state index is 0.819. The van der Waals surface area contributed by atoms with E-state index in [1.54, 1.807) is 30.2 Å². The molecule has 0 aliphatic carbocycles. The van der Waals surface area contributed by atoms with Gasteiger partial charge in [0.05, 0.1) is 7.11 Å². The van der Waals surface area contributed by atoms with Crippen LogP contribution >= 0.6 is 23.1 Å². The summed E-state index contributed by atoms with van der Waals surface area (Å²) in [5.41, 5.74) is 2.43. The highest BCUT2D eigenvalue weighted by atomic mass is 32.2. The second kappa shape index (κ2) is 5.42. The van der Waals surface area contributed by atoms with E-state index in [-0.39, 0.29) is 0 Å². The molecule has 3 rings (SSSR count). The van der Waals surface area contributed by atoms with E-state index in [0.717, 1.165) is 21.1 Å².